The molecule has 2 N–H and O–H groups in total. The summed E-state index contributed by atoms with van der Waals surface area (Å²) in [5.74, 6) is 0. The van der Waals surface area contributed by atoms with Crippen molar-refractivity contribution in [1.82, 2.24) is 0 Å². The Morgan fingerprint density at radius 1 is 1.60 bits per heavy atom. The first kappa shape index (κ1) is 8.37. The maximum Gasteiger partial charge on any atom is 0.0637 e. The summed E-state index contributed by atoms with van der Waals surface area (Å²) in [6.07, 6.45) is 2.18. The maximum absolute atomic E-state index is 5.53. The fourth-order valence-corrected chi connectivity index (χ4v) is 2.02. The highest BCUT2D eigenvalue weighted by Gasteiger charge is 2.28. The molecule has 0 aromatic heterocycles. The predicted octanol–water partition coefficient (Wildman–Crippen LogP) is 1.55. The third-order valence-electron chi connectivity index (χ3n) is 1.84. The Morgan fingerprint density at radius 2 is 2.30 bits per heavy atom. The molecule has 0 bridgehead atoms. The van der Waals surface area contributed by atoms with Crippen molar-refractivity contribution in [3.8, 4) is 0 Å². The molecule has 1 unspecified atom stereocenters. The topological polar surface area (TPSA) is 35.2 Å². The van der Waals surface area contributed by atoms with Gasteiger partial charge in [0.05, 0.1) is 5.60 Å². The van der Waals surface area contributed by atoms with Crippen LogP contribution >= 0.6 is 11.9 Å². The van der Waals surface area contributed by atoms with Crippen molar-refractivity contribution in [3.63, 3.8) is 0 Å². The third-order valence-corrected chi connectivity index (χ3v) is 2.63. The molecule has 3 heteroatoms. The zero-order valence-electron chi connectivity index (χ0n) is 6.59. The Hall–Kier alpha value is 0.270. The number of hydrogen-bond acceptors (Lipinski definition) is 3. The number of nitrogens with two attached hydrogens (primary N) is 1. The molecular formula is C7H15NOS. The average Bonchev–Trinajstić information content (AvgIpc) is 1.86. The van der Waals surface area contributed by atoms with Gasteiger partial charge in [-0.3, -0.25) is 5.14 Å². The molecule has 2 nitrogen and oxygen atoms in total. The molecule has 0 spiro atoms. The van der Waals surface area contributed by atoms with Gasteiger partial charge in [-0.2, -0.15) is 0 Å². The summed E-state index contributed by atoms with van der Waals surface area (Å²) in [6.45, 7) is 5.10. The molecule has 0 radical (unpaired) electrons. The van der Waals surface area contributed by atoms with E-state index in [4.69, 9.17) is 9.88 Å². The van der Waals surface area contributed by atoms with Gasteiger partial charge in [0.25, 0.3) is 0 Å². The van der Waals surface area contributed by atoms with E-state index in [2.05, 4.69) is 13.8 Å². The highest BCUT2D eigenvalue weighted by molar-refractivity contribution is 7.97. The van der Waals surface area contributed by atoms with E-state index in [1.807, 2.05) is 0 Å². The molecule has 60 valence electrons. The number of rotatable bonds is 1. The van der Waals surface area contributed by atoms with Gasteiger partial charge in [0, 0.05) is 11.9 Å². The van der Waals surface area contributed by atoms with Gasteiger partial charge >= 0.3 is 0 Å². The summed E-state index contributed by atoms with van der Waals surface area (Å²) in [5, 5.41) is 6.09. The smallest absolute Gasteiger partial charge is 0.0637 e. The van der Waals surface area contributed by atoms with Crippen LogP contribution < -0.4 is 5.14 Å². The van der Waals surface area contributed by atoms with Crippen LogP contribution in [0.15, 0.2) is 0 Å². The Kier molecular flexibility index (Phi) is 2.61. The lowest BCUT2D eigenvalue weighted by Gasteiger charge is -2.34. The monoisotopic (exact) mass is 161 g/mol. The van der Waals surface area contributed by atoms with Crippen molar-refractivity contribution in [1.29, 1.82) is 0 Å². The lowest BCUT2D eigenvalue weighted by Crippen LogP contribution is -2.35. The van der Waals surface area contributed by atoms with Gasteiger partial charge in [0.2, 0.25) is 0 Å². The standard InChI is InChI=1S/C7H15NOS/c1-7(2)5-6(10-8)3-4-9-7/h6H,3-5,8H2,1-2H3. The number of ether oxygens (including phenoxy) is 1. The fourth-order valence-electron chi connectivity index (χ4n) is 1.29. The molecule has 10 heavy (non-hydrogen) atoms. The Morgan fingerprint density at radius 3 is 2.70 bits per heavy atom. The normalized spacial score (nSPS) is 32.1. The fraction of sp³-hybridized carbons (Fsp3) is 1.00. The molecule has 0 aromatic carbocycles. The molecule has 1 aliphatic rings. The van der Waals surface area contributed by atoms with Crippen molar-refractivity contribution in [2.45, 2.75) is 37.5 Å². The van der Waals surface area contributed by atoms with Gasteiger partial charge in [0.15, 0.2) is 0 Å². The van der Waals surface area contributed by atoms with E-state index < -0.39 is 0 Å². The summed E-state index contributed by atoms with van der Waals surface area (Å²) in [6, 6.07) is 0. The van der Waals surface area contributed by atoms with E-state index in [-0.39, 0.29) is 5.60 Å². The summed E-state index contributed by atoms with van der Waals surface area (Å²) >= 11 is 1.47. The van der Waals surface area contributed by atoms with Crippen molar-refractivity contribution in [2.75, 3.05) is 6.61 Å². The van der Waals surface area contributed by atoms with Crippen molar-refractivity contribution < 1.29 is 4.74 Å². The van der Waals surface area contributed by atoms with E-state index >= 15 is 0 Å². The highest BCUT2D eigenvalue weighted by atomic mass is 32.2. The quantitative estimate of drug-likeness (QED) is 0.593. The van der Waals surface area contributed by atoms with E-state index in [0.717, 1.165) is 19.4 Å². The van der Waals surface area contributed by atoms with Crippen LogP contribution in [0.2, 0.25) is 0 Å². The Balaban J connectivity index is 2.40. The summed E-state index contributed by atoms with van der Waals surface area (Å²) in [4.78, 5) is 0. The first-order valence-corrected chi connectivity index (χ1v) is 4.58. The molecule has 0 saturated carbocycles. The lowest BCUT2D eigenvalue weighted by atomic mass is 9.98. The summed E-state index contributed by atoms with van der Waals surface area (Å²) < 4.78 is 5.53. The van der Waals surface area contributed by atoms with Gasteiger partial charge < -0.3 is 4.74 Å². The maximum atomic E-state index is 5.53. The molecule has 1 rings (SSSR count). The SMILES string of the molecule is CC1(C)CC(SN)CCO1. The minimum atomic E-state index is 0.0509. The Bertz CT molecular complexity index is 116. The zero-order chi connectivity index (χ0) is 7.61. The van der Waals surface area contributed by atoms with Crippen LogP contribution in [0.25, 0.3) is 0 Å². The minimum absolute atomic E-state index is 0.0509. The molecule has 1 heterocycles. The van der Waals surface area contributed by atoms with E-state index in [1.165, 1.54) is 11.9 Å². The zero-order valence-corrected chi connectivity index (χ0v) is 7.41. The molecule has 1 fully saturated rings. The average molecular weight is 161 g/mol. The van der Waals surface area contributed by atoms with E-state index in [1.54, 1.807) is 0 Å². The molecule has 0 aromatic rings. The summed E-state index contributed by atoms with van der Waals surface area (Å²) in [5.41, 5.74) is 0.0509. The summed E-state index contributed by atoms with van der Waals surface area (Å²) in [7, 11) is 0. The first-order chi connectivity index (χ1) is 4.64. The van der Waals surface area contributed by atoms with Crippen LogP contribution in [0.4, 0.5) is 0 Å². The number of hydrogen-bond donors (Lipinski definition) is 1. The second-order valence-electron chi connectivity index (χ2n) is 3.36. The van der Waals surface area contributed by atoms with Gasteiger partial charge in [0.1, 0.15) is 0 Å². The van der Waals surface area contributed by atoms with Crippen molar-refractivity contribution in [3.05, 3.63) is 0 Å². The molecule has 1 aliphatic heterocycles. The van der Waals surface area contributed by atoms with E-state index in [9.17, 15) is 0 Å². The lowest BCUT2D eigenvalue weighted by molar-refractivity contribution is -0.0485. The molecular weight excluding hydrogens is 146 g/mol. The molecule has 0 amide bonds. The van der Waals surface area contributed by atoms with Gasteiger partial charge in [-0.1, -0.05) is 11.9 Å². The van der Waals surface area contributed by atoms with Gasteiger partial charge in [-0.05, 0) is 26.7 Å². The van der Waals surface area contributed by atoms with Gasteiger partial charge in [-0.15, -0.1) is 0 Å². The van der Waals surface area contributed by atoms with Crippen LogP contribution in [0.3, 0.4) is 0 Å². The van der Waals surface area contributed by atoms with Crippen LogP contribution in [-0.2, 0) is 4.74 Å². The van der Waals surface area contributed by atoms with Crippen LogP contribution in [0, 0.1) is 0 Å². The highest BCUT2D eigenvalue weighted by Crippen LogP contribution is 2.28. The first-order valence-electron chi connectivity index (χ1n) is 3.63. The van der Waals surface area contributed by atoms with Crippen LogP contribution in [0.5, 0.6) is 0 Å². The molecule has 0 aliphatic carbocycles. The van der Waals surface area contributed by atoms with Gasteiger partial charge in [-0.25, -0.2) is 0 Å². The molecule has 1 saturated heterocycles. The largest absolute Gasteiger partial charge is 0.375 e. The minimum Gasteiger partial charge on any atom is -0.375 e. The van der Waals surface area contributed by atoms with Crippen molar-refractivity contribution >= 4 is 11.9 Å². The third kappa shape index (κ3) is 2.15. The molecule has 1 atom stereocenters. The Labute approximate surface area is 66.6 Å². The van der Waals surface area contributed by atoms with Crippen molar-refractivity contribution in [2.24, 2.45) is 5.14 Å². The second kappa shape index (κ2) is 3.11. The van der Waals surface area contributed by atoms with Crippen LogP contribution in [-0.4, -0.2) is 17.5 Å². The van der Waals surface area contributed by atoms with E-state index in [0.29, 0.717) is 5.25 Å². The second-order valence-corrected chi connectivity index (χ2v) is 4.30. The predicted molar refractivity (Wildman–Crippen MR) is 44.8 cm³/mol. The van der Waals surface area contributed by atoms with Crippen LogP contribution in [0.1, 0.15) is 26.7 Å².